The summed E-state index contributed by atoms with van der Waals surface area (Å²) in [7, 11) is 0. The molecule has 4 aromatic carbocycles. The molecule has 0 N–H and O–H groups in total. The Morgan fingerprint density at radius 2 is 1.12 bits per heavy atom. The van der Waals surface area contributed by atoms with Crippen molar-refractivity contribution in [2.45, 2.75) is 20.3 Å². The Morgan fingerprint density at radius 1 is 0.708 bits per heavy atom. The zero-order valence-corrected chi connectivity index (χ0v) is 17.4. The Hall–Kier alpha value is -1.46. The number of aryl methyl sites for hydroxylation is 2. The first-order chi connectivity index (χ1) is 10.2. The van der Waals surface area contributed by atoms with Crippen molar-refractivity contribution in [1.82, 2.24) is 0 Å². The van der Waals surface area contributed by atoms with E-state index in [1.54, 1.807) is 0 Å². The molecule has 4 rings (SSSR count). The molecule has 0 saturated carbocycles. The normalized spacial score (nSPS) is 10.1. The van der Waals surface area contributed by atoms with Crippen molar-refractivity contribution >= 4 is 21.5 Å². The van der Waals surface area contributed by atoms with Crippen LogP contribution in [0.1, 0.15) is 22.3 Å². The summed E-state index contributed by atoms with van der Waals surface area (Å²) < 4.78 is 0. The zero-order valence-electron chi connectivity index (χ0n) is 15.0. The summed E-state index contributed by atoms with van der Waals surface area (Å²) in [6.45, 7) is 4.37. The Bertz CT molecular complexity index is 859. The van der Waals surface area contributed by atoms with Crippen LogP contribution in [0.2, 0.25) is 0 Å². The molecule has 0 aliphatic rings. The first kappa shape index (κ1) is 20.6. The van der Waals surface area contributed by atoms with Crippen LogP contribution in [0, 0.1) is 28.7 Å². The van der Waals surface area contributed by atoms with Crippen LogP contribution in [0.5, 0.6) is 0 Å². The third kappa shape index (κ3) is 3.62. The Morgan fingerprint density at radius 3 is 1.50 bits per heavy atom. The van der Waals surface area contributed by atoms with E-state index in [4.69, 9.17) is 0 Å². The first-order valence-electron chi connectivity index (χ1n) is 7.50. The van der Waals surface area contributed by atoms with Crippen LogP contribution >= 0.6 is 0 Å². The van der Waals surface area contributed by atoms with Gasteiger partial charge in [0.1, 0.15) is 0 Å². The molecular formula is C23H24Zr. The zero-order chi connectivity index (χ0) is 14.4. The quantitative estimate of drug-likeness (QED) is 0.340. The third-order valence-corrected chi connectivity index (χ3v) is 4.47. The minimum Gasteiger partial charge on any atom is -0.358 e. The summed E-state index contributed by atoms with van der Waals surface area (Å²) in [4.78, 5) is 0. The monoisotopic (exact) mass is 390 g/mol. The van der Waals surface area contributed by atoms with E-state index in [0.717, 1.165) is 6.42 Å². The number of hydrogen-bond acceptors (Lipinski definition) is 0. The molecule has 0 aromatic heterocycles. The second-order valence-corrected chi connectivity index (χ2v) is 6.06. The summed E-state index contributed by atoms with van der Waals surface area (Å²) in [5, 5.41) is 5.49. The van der Waals surface area contributed by atoms with Crippen LogP contribution in [-0.2, 0) is 32.6 Å². The summed E-state index contributed by atoms with van der Waals surface area (Å²) in [5.41, 5.74) is 5.55. The van der Waals surface area contributed by atoms with Crippen LogP contribution in [0.25, 0.3) is 21.5 Å². The molecule has 4 aromatic rings. The second-order valence-electron chi connectivity index (χ2n) is 6.06. The van der Waals surface area contributed by atoms with Crippen molar-refractivity contribution in [2.24, 2.45) is 0 Å². The van der Waals surface area contributed by atoms with E-state index < -0.39 is 0 Å². The molecule has 0 radical (unpaired) electrons. The summed E-state index contributed by atoms with van der Waals surface area (Å²) in [6, 6.07) is 22.4. The van der Waals surface area contributed by atoms with Crippen molar-refractivity contribution in [2.75, 3.05) is 0 Å². The van der Waals surface area contributed by atoms with E-state index >= 15 is 0 Å². The van der Waals surface area contributed by atoms with Crippen molar-refractivity contribution in [1.29, 1.82) is 0 Å². The molecule has 0 heterocycles. The minimum atomic E-state index is 0. The Kier molecular flexibility index (Phi) is 6.93. The van der Waals surface area contributed by atoms with Gasteiger partial charge in [0.05, 0.1) is 0 Å². The van der Waals surface area contributed by atoms with Gasteiger partial charge < -0.3 is 14.9 Å². The van der Waals surface area contributed by atoms with Gasteiger partial charge in [0, 0.05) is 0 Å². The number of benzene rings is 2. The smallest absolute Gasteiger partial charge is 0.358 e. The fraction of sp³-hybridized carbons (Fsp3) is 0.130. The molecule has 0 fully saturated rings. The van der Waals surface area contributed by atoms with Gasteiger partial charge >= 0.3 is 26.2 Å². The van der Waals surface area contributed by atoms with Crippen molar-refractivity contribution in [3.05, 3.63) is 97.8 Å². The van der Waals surface area contributed by atoms with Crippen molar-refractivity contribution in [3.8, 4) is 0 Å². The maximum absolute atomic E-state index is 2.34. The average molecular weight is 392 g/mol. The molecule has 0 atom stereocenters. The molecule has 0 aliphatic heterocycles. The van der Waals surface area contributed by atoms with E-state index in [-0.39, 0.29) is 41.1 Å². The SMILES string of the molecule is Cc1cccc2[cH-]c(Cc3cc4c(C)cccc4[cH-]3)cc12.[CH3-].[CH3-].[Zr+4]. The molecule has 0 bridgehead atoms. The van der Waals surface area contributed by atoms with Crippen LogP contribution in [-0.4, -0.2) is 0 Å². The van der Waals surface area contributed by atoms with Crippen LogP contribution in [0.15, 0.2) is 60.7 Å². The van der Waals surface area contributed by atoms with Gasteiger partial charge in [0.25, 0.3) is 0 Å². The number of fused-ring (bicyclic) bond motifs is 2. The summed E-state index contributed by atoms with van der Waals surface area (Å²) >= 11 is 0. The fourth-order valence-electron chi connectivity index (χ4n) is 3.35. The van der Waals surface area contributed by atoms with Crippen molar-refractivity contribution < 1.29 is 26.2 Å². The Labute approximate surface area is 165 Å². The van der Waals surface area contributed by atoms with Gasteiger partial charge in [0.2, 0.25) is 0 Å². The van der Waals surface area contributed by atoms with Gasteiger partial charge in [-0.2, -0.15) is 12.1 Å². The van der Waals surface area contributed by atoms with E-state index in [2.05, 4.69) is 74.5 Å². The molecule has 120 valence electrons. The fourth-order valence-corrected chi connectivity index (χ4v) is 3.35. The molecule has 0 unspecified atom stereocenters. The van der Waals surface area contributed by atoms with Gasteiger partial charge in [-0.1, -0.05) is 23.3 Å². The van der Waals surface area contributed by atoms with Gasteiger partial charge in [-0.05, 0) is 20.3 Å². The number of rotatable bonds is 2. The predicted octanol–water partition coefficient (Wildman–Crippen LogP) is 6.54. The van der Waals surface area contributed by atoms with E-state index in [1.165, 1.54) is 43.8 Å². The average Bonchev–Trinajstić information content (AvgIpc) is 3.04. The predicted molar refractivity (Wildman–Crippen MR) is 104 cm³/mol. The maximum atomic E-state index is 2.34. The van der Waals surface area contributed by atoms with E-state index in [1.807, 2.05) is 0 Å². The largest absolute Gasteiger partial charge is 4.00 e. The van der Waals surface area contributed by atoms with Crippen LogP contribution in [0.4, 0.5) is 0 Å². The molecular weight excluding hydrogens is 367 g/mol. The molecule has 0 saturated heterocycles. The molecule has 1 heteroatoms. The third-order valence-electron chi connectivity index (χ3n) is 4.47. The molecule has 0 amide bonds. The van der Waals surface area contributed by atoms with Crippen LogP contribution < -0.4 is 0 Å². The molecule has 0 aliphatic carbocycles. The van der Waals surface area contributed by atoms with Gasteiger partial charge in [-0.25, -0.2) is 0 Å². The van der Waals surface area contributed by atoms with Gasteiger partial charge in [0.15, 0.2) is 0 Å². The minimum absolute atomic E-state index is 0. The van der Waals surface area contributed by atoms with Gasteiger partial charge in [-0.3, -0.25) is 0 Å². The van der Waals surface area contributed by atoms with Gasteiger partial charge in [-0.15, -0.1) is 69.1 Å². The topological polar surface area (TPSA) is 0 Å². The second kappa shape index (κ2) is 8.08. The molecule has 24 heavy (non-hydrogen) atoms. The molecule has 0 spiro atoms. The van der Waals surface area contributed by atoms with E-state index in [0.29, 0.717) is 0 Å². The number of hydrogen-bond donors (Lipinski definition) is 0. The summed E-state index contributed by atoms with van der Waals surface area (Å²) in [5.74, 6) is 0. The maximum Gasteiger partial charge on any atom is 4.00 e. The van der Waals surface area contributed by atoms with E-state index in [9.17, 15) is 0 Å². The standard InChI is InChI=1S/C21H18.2CH3.Zr/c1-14-5-3-7-18-10-16(12-20(14)18)9-17-11-19-8-4-6-15(2)21(19)13-17;;;/h3-8,10-13H,9H2,1-2H3;2*1H3;/q-2;2*-1;+4. The summed E-state index contributed by atoms with van der Waals surface area (Å²) in [6.07, 6.45) is 1.02. The van der Waals surface area contributed by atoms with Crippen molar-refractivity contribution in [3.63, 3.8) is 0 Å². The van der Waals surface area contributed by atoms with Crippen LogP contribution in [0.3, 0.4) is 0 Å². The molecule has 0 nitrogen and oxygen atoms in total. The first-order valence-corrected chi connectivity index (χ1v) is 7.50. The Balaban J connectivity index is 0.000000960.